The van der Waals surface area contributed by atoms with Crippen LogP contribution in [0.4, 0.5) is 14.5 Å². The maximum atomic E-state index is 13.5. The van der Waals surface area contributed by atoms with Crippen LogP contribution < -0.4 is 10.0 Å². The second-order valence-electron chi connectivity index (χ2n) is 8.47. The van der Waals surface area contributed by atoms with Crippen LogP contribution in [0.25, 0.3) is 0 Å². The monoisotopic (exact) mass is 579 g/mol. The fraction of sp³-hybridized carbons (Fsp3) is 0.250. The standard InChI is InChI=1S/C24H20ClF2N5O4S2/c25-16-3-7-19(8-4-16)38(35,36)31-17-5-1-15(2-6-17)9-21-30-20(13-37-21)23(34)29-12-22(33)32-14-24(26,27)10-18(32)11-28/h1-8,13,18,31H,9-10,12,14H2,(H,29,34)/t18-/m0/s1. The van der Waals surface area contributed by atoms with E-state index < -0.39 is 53.3 Å². The number of sulfonamides is 1. The first-order valence-electron chi connectivity index (χ1n) is 11.1. The summed E-state index contributed by atoms with van der Waals surface area (Å²) in [4.78, 5) is 29.7. The molecule has 0 aliphatic carbocycles. The number of likely N-dealkylation sites (tertiary alicyclic amines) is 1. The predicted molar refractivity (Wildman–Crippen MR) is 137 cm³/mol. The van der Waals surface area contributed by atoms with Crippen molar-refractivity contribution in [3.63, 3.8) is 0 Å². The number of anilines is 1. The summed E-state index contributed by atoms with van der Waals surface area (Å²) in [6, 6.07) is 12.9. The van der Waals surface area contributed by atoms with Crippen LogP contribution in [0.1, 0.15) is 27.5 Å². The molecule has 1 aliphatic rings. The van der Waals surface area contributed by atoms with E-state index in [0.717, 1.165) is 10.5 Å². The number of aromatic nitrogens is 1. The molecule has 0 bridgehead atoms. The van der Waals surface area contributed by atoms with Crippen LogP contribution >= 0.6 is 22.9 Å². The van der Waals surface area contributed by atoms with Crippen molar-refractivity contribution >= 4 is 50.5 Å². The van der Waals surface area contributed by atoms with E-state index in [1.807, 2.05) is 0 Å². The van der Waals surface area contributed by atoms with Crippen molar-refractivity contribution < 1.29 is 26.8 Å². The molecule has 4 rings (SSSR count). The van der Waals surface area contributed by atoms with Gasteiger partial charge >= 0.3 is 0 Å². The first-order chi connectivity index (χ1) is 18.0. The Kier molecular flexibility index (Phi) is 7.96. The molecule has 1 saturated heterocycles. The number of hydrogen-bond donors (Lipinski definition) is 2. The molecule has 0 radical (unpaired) electrons. The molecule has 2 amide bonds. The van der Waals surface area contributed by atoms with Gasteiger partial charge in [0.15, 0.2) is 0 Å². The van der Waals surface area contributed by atoms with Gasteiger partial charge in [-0.15, -0.1) is 11.3 Å². The van der Waals surface area contributed by atoms with Gasteiger partial charge in [0.1, 0.15) is 11.7 Å². The van der Waals surface area contributed by atoms with Crippen LogP contribution in [-0.4, -0.2) is 55.2 Å². The van der Waals surface area contributed by atoms with Crippen LogP contribution in [0.15, 0.2) is 58.8 Å². The molecule has 2 N–H and O–H groups in total. The lowest BCUT2D eigenvalue weighted by Crippen LogP contribution is -2.43. The molecule has 9 nitrogen and oxygen atoms in total. The molecule has 1 atom stereocenters. The van der Waals surface area contributed by atoms with Crippen molar-refractivity contribution in [3.8, 4) is 6.07 Å². The van der Waals surface area contributed by atoms with Gasteiger partial charge in [0.05, 0.1) is 29.1 Å². The fourth-order valence-electron chi connectivity index (χ4n) is 3.73. The number of nitrogens with one attached hydrogen (secondary N) is 2. The van der Waals surface area contributed by atoms with E-state index in [1.54, 1.807) is 30.3 Å². The highest BCUT2D eigenvalue weighted by Crippen LogP contribution is 2.31. The first-order valence-corrected chi connectivity index (χ1v) is 13.9. The molecule has 0 spiro atoms. The van der Waals surface area contributed by atoms with E-state index in [2.05, 4.69) is 15.0 Å². The summed E-state index contributed by atoms with van der Waals surface area (Å²) in [6.45, 7) is -1.39. The summed E-state index contributed by atoms with van der Waals surface area (Å²) >= 11 is 7.02. The fourth-order valence-corrected chi connectivity index (χ4v) is 5.72. The summed E-state index contributed by atoms with van der Waals surface area (Å²) in [5, 5.41) is 13.9. The maximum Gasteiger partial charge on any atom is 0.271 e. The first kappa shape index (κ1) is 27.4. The minimum atomic E-state index is -3.78. The zero-order valence-electron chi connectivity index (χ0n) is 19.5. The van der Waals surface area contributed by atoms with Gasteiger partial charge in [-0.1, -0.05) is 23.7 Å². The maximum absolute atomic E-state index is 13.5. The van der Waals surface area contributed by atoms with Gasteiger partial charge in [-0.3, -0.25) is 14.3 Å². The summed E-state index contributed by atoms with van der Waals surface area (Å²) in [7, 11) is -3.78. The Morgan fingerprint density at radius 2 is 1.87 bits per heavy atom. The molecular formula is C24H20ClF2N5O4S2. The lowest BCUT2D eigenvalue weighted by Gasteiger charge is -2.19. The third kappa shape index (κ3) is 6.63. The quantitative estimate of drug-likeness (QED) is 0.418. The Morgan fingerprint density at radius 3 is 2.53 bits per heavy atom. The average molecular weight is 580 g/mol. The normalized spacial score (nSPS) is 16.6. The summed E-state index contributed by atoms with van der Waals surface area (Å²) in [5.41, 5.74) is 1.24. The van der Waals surface area contributed by atoms with Crippen molar-refractivity contribution in [3.05, 3.63) is 75.2 Å². The zero-order valence-corrected chi connectivity index (χ0v) is 21.9. The number of hydrogen-bond acceptors (Lipinski definition) is 7. The molecule has 3 aromatic rings. The van der Waals surface area contributed by atoms with E-state index in [1.165, 1.54) is 41.0 Å². The lowest BCUT2D eigenvalue weighted by molar-refractivity contribution is -0.131. The number of rotatable bonds is 8. The van der Waals surface area contributed by atoms with Crippen molar-refractivity contribution in [2.24, 2.45) is 0 Å². The van der Waals surface area contributed by atoms with Gasteiger partial charge in [-0.05, 0) is 42.0 Å². The highest BCUT2D eigenvalue weighted by molar-refractivity contribution is 7.92. The minimum Gasteiger partial charge on any atom is -0.342 e. The van der Waals surface area contributed by atoms with Crippen LogP contribution in [0.2, 0.25) is 5.02 Å². The number of halogens is 3. The third-order valence-corrected chi connectivity index (χ3v) is 8.11. The van der Waals surface area contributed by atoms with E-state index >= 15 is 0 Å². The van der Waals surface area contributed by atoms with E-state index in [-0.39, 0.29) is 10.6 Å². The number of nitriles is 1. The van der Waals surface area contributed by atoms with Crippen molar-refractivity contribution in [1.82, 2.24) is 15.2 Å². The highest BCUT2D eigenvalue weighted by atomic mass is 35.5. The summed E-state index contributed by atoms with van der Waals surface area (Å²) in [5.74, 6) is -4.56. The molecule has 1 aliphatic heterocycles. The van der Waals surface area contributed by atoms with Crippen molar-refractivity contribution in [2.45, 2.75) is 29.7 Å². The average Bonchev–Trinajstić information content (AvgIpc) is 3.47. The molecule has 0 saturated carbocycles. The van der Waals surface area contributed by atoms with Crippen LogP contribution in [0, 0.1) is 11.3 Å². The molecular weight excluding hydrogens is 560 g/mol. The molecule has 2 aromatic carbocycles. The Hall–Kier alpha value is -3.60. The summed E-state index contributed by atoms with van der Waals surface area (Å²) < 4.78 is 54.6. The number of nitrogens with zero attached hydrogens (tertiary/aromatic N) is 3. The van der Waals surface area contributed by atoms with Gasteiger partial charge in [0.2, 0.25) is 5.91 Å². The Bertz CT molecular complexity index is 1490. The second-order valence-corrected chi connectivity index (χ2v) is 11.5. The number of carbonyl (C=O) groups is 2. The van der Waals surface area contributed by atoms with E-state index in [4.69, 9.17) is 16.9 Å². The van der Waals surface area contributed by atoms with Crippen LogP contribution in [0.3, 0.4) is 0 Å². The number of alkyl halides is 2. The van der Waals surface area contributed by atoms with Gasteiger partial charge in [-0.2, -0.15) is 5.26 Å². The summed E-state index contributed by atoms with van der Waals surface area (Å²) in [6.07, 6.45) is -0.359. The largest absolute Gasteiger partial charge is 0.342 e. The lowest BCUT2D eigenvalue weighted by atomic mass is 10.1. The Morgan fingerprint density at radius 1 is 1.18 bits per heavy atom. The number of thiazole rings is 1. The smallest absolute Gasteiger partial charge is 0.271 e. The van der Waals surface area contributed by atoms with Crippen LogP contribution in [0.5, 0.6) is 0 Å². The molecule has 14 heteroatoms. The van der Waals surface area contributed by atoms with Gasteiger partial charge < -0.3 is 10.2 Å². The molecule has 2 heterocycles. The van der Waals surface area contributed by atoms with Gasteiger partial charge in [0.25, 0.3) is 21.9 Å². The van der Waals surface area contributed by atoms with Crippen LogP contribution in [-0.2, 0) is 21.2 Å². The third-order valence-electron chi connectivity index (χ3n) is 5.61. The van der Waals surface area contributed by atoms with Gasteiger partial charge in [-0.25, -0.2) is 22.2 Å². The van der Waals surface area contributed by atoms with E-state index in [0.29, 0.717) is 22.1 Å². The molecule has 1 fully saturated rings. The number of amides is 2. The van der Waals surface area contributed by atoms with E-state index in [9.17, 15) is 26.8 Å². The SMILES string of the molecule is N#C[C@@H]1CC(F)(F)CN1C(=O)CNC(=O)c1csc(Cc2ccc(NS(=O)(=O)c3ccc(Cl)cc3)cc2)n1. The van der Waals surface area contributed by atoms with Gasteiger partial charge in [0, 0.05) is 28.9 Å². The predicted octanol–water partition coefficient (Wildman–Crippen LogP) is 3.68. The van der Waals surface area contributed by atoms with Crippen molar-refractivity contribution in [2.75, 3.05) is 17.8 Å². The Labute approximate surface area is 226 Å². The number of carbonyl (C=O) groups excluding carboxylic acids is 2. The highest BCUT2D eigenvalue weighted by Gasteiger charge is 2.47. The second kappa shape index (κ2) is 11.0. The molecule has 0 unspecified atom stereocenters. The van der Waals surface area contributed by atoms with Crippen molar-refractivity contribution in [1.29, 1.82) is 5.26 Å². The molecule has 38 heavy (non-hydrogen) atoms. The topological polar surface area (TPSA) is 132 Å². The molecule has 1 aromatic heterocycles. The Balaban J connectivity index is 1.31. The minimum absolute atomic E-state index is 0.0636. The molecule has 198 valence electrons. The zero-order chi connectivity index (χ0) is 27.5. The number of benzene rings is 2.